The molecule has 0 aliphatic heterocycles. The standard InChI is InChI=1S/C23H34N6O6S/c1-3-34-19(32)13-24-17(30)9-5-7-11-29-16-28-21-22(29)26-15-27-23(21)36-12-8-6-10-18(31)25-14-20(33)35-4-2/h15-16H,3-14H2,1-2H3,(H,24,30)(H,25,31). The van der Waals surface area contributed by atoms with Crippen LogP contribution in [0.1, 0.15) is 52.4 Å². The third-order valence-corrected chi connectivity index (χ3v) is 5.99. The molecule has 0 unspecified atom stereocenters. The molecule has 36 heavy (non-hydrogen) atoms. The number of amides is 2. The van der Waals surface area contributed by atoms with Crippen LogP contribution < -0.4 is 10.6 Å². The molecule has 2 rings (SSSR count). The number of hydrogen-bond donors (Lipinski definition) is 2. The maximum Gasteiger partial charge on any atom is 0.325 e. The number of nitrogens with one attached hydrogen (secondary N) is 2. The summed E-state index contributed by atoms with van der Waals surface area (Å²) in [6.45, 7) is 4.45. The molecule has 0 spiro atoms. The van der Waals surface area contributed by atoms with Gasteiger partial charge in [0, 0.05) is 19.4 Å². The summed E-state index contributed by atoms with van der Waals surface area (Å²) < 4.78 is 11.5. The van der Waals surface area contributed by atoms with E-state index >= 15 is 0 Å². The number of rotatable bonds is 17. The molecule has 2 N–H and O–H groups in total. The second-order valence-electron chi connectivity index (χ2n) is 7.72. The van der Waals surface area contributed by atoms with Crippen molar-refractivity contribution in [3.05, 3.63) is 12.7 Å². The lowest BCUT2D eigenvalue weighted by atomic mass is 10.2. The number of nitrogens with zero attached hydrogens (tertiary/aromatic N) is 4. The Morgan fingerprint density at radius 3 is 2.08 bits per heavy atom. The van der Waals surface area contributed by atoms with E-state index < -0.39 is 11.9 Å². The minimum atomic E-state index is -0.444. The van der Waals surface area contributed by atoms with Crippen LogP contribution in [0.2, 0.25) is 0 Å². The Hall–Kier alpha value is -3.22. The Balaban J connectivity index is 1.69. The van der Waals surface area contributed by atoms with Crippen LogP contribution in [0.4, 0.5) is 0 Å². The summed E-state index contributed by atoms with van der Waals surface area (Å²) in [6, 6.07) is 0. The van der Waals surface area contributed by atoms with Gasteiger partial charge in [0.15, 0.2) is 5.65 Å². The van der Waals surface area contributed by atoms with Gasteiger partial charge in [-0.2, -0.15) is 0 Å². The molecule has 0 atom stereocenters. The summed E-state index contributed by atoms with van der Waals surface area (Å²) in [5.41, 5.74) is 1.46. The maximum absolute atomic E-state index is 11.8. The summed E-state index contributed by atoms with van der Waals surface area (Å²) in [7, 11) is 0. The number of esters is 2. The Bertz CT molecular complexity index is 1010. The largest absolute Gasteiger partial charge is 0.465 e. The number of thioether (sulfide) groups is 1. The molecular formula is C23H34N6O6S. The number of carbonyl (C=O) groups excluding carboxylic acids is 4. The van der Waals surface area contributed by atoms with Gasteiger partial charge in [0.25, 0.3) is 0 Å². The van der Waals surface area contributed by atoms with Crippen molar-refractivity contribution in [3.8, 4) is 0 Å². The van der Waals surface area contributed by atoms with Gasteiger partial charge in [0.05, 0.1) is 19.5 Å². The number of aryl methyl sites for hydroxylation is 1. The van der Waals surface area contributed by atoms with Gasteiger partial charge >= 0.3 is 11.9 Å². The summed E-state index contributed by atoms with van der Waals surface area (Å²) >= 11 is 1.56. The average Bonchev–Trinajstić information content (AvgIpc) is 3.28. The zero-order valence-corrected chi connectivity index (χ0v) is 21.6. The lowest BCUT2D eigenvalue weighted by Crippen LogP contribution is -2.30. The van der Waals surface area contributed by atoms with Crippen molar-refractivity contribution in [2.24, 2.45) is 0 Å². The van der Waals surface area contributed by atoms with Gasteiger partial charge in [-0.3, -0.25) is 19.2 Å². The Morgan fingerprint density at radius 2 is 1.47 bits per heavy atom. The van der Waals surface area contributed by atoms with E-state index in [1.54, 1.807) is 31.9 Å². The number of ether oxygens (including phenoxy) is 2. The number of aromatic nitrogens is 4. The van der Waals surface area contributed by atoms with Gasteiger partial charge in [-0.1, -0.05) is 0 Å². The van der Waals surface area contributed by atoms with Crippen molar-refractivity contribution < 1.29 is 28.7 Å². The van der Waals surface area contributed by atoms with E-state index in [0.29, 0.717) is 38.8 Å². The SMILES string of the molecule is CCOC(=O)CNC(=O)CCCCSc1ncnc2c1ncn2CCCCC(=O)NCC(=O)OCC. The van der Waals surface area contributed by atoms with E-state index in [0.717, 1.165) is 34.8 Å². The predicted molar refractivity (Wildman–Crippen MR) is 133 cm³/mol. The highest BCUT2D eigenvalue weighted by Gasteiger charge is 2.12. The van der Waals surface area contributed by atoms with Crippen molar-refractivity contribution >= 4 is 46.7 Å². The smallest absolute Gasteiger partial charge is 0.325 e. The van der Waals surface area contributed by atoms with Crippen LogP contribution in [-0.4, -0.2) is 75.3 Å². The van der Waals surface area contributed by atoms with Crippen molar-refractivity contribution in [1.82, 2.24) is 30.2 Å². The van der Waals surface area contributed by atoms with Gasteiger partial charge in [-0.25, -0.2) is 15.0 Å². The first-order chi connectivity index (χ1) is 17.4. The first-order valence-electron chi connectivity index (χ1n) is 12.1. The fourth-order valence-electron chi connectivity index (χ4n) is 3.19. The molecule has 0 saturated heterocycles. The van der Waals surface area contributed by atoms with Gasteiger partial charge in [-0.15, -0.1) is 11.8 Å². The Morgan fingerprint density at radius 1 is 0.861 bits per heavy atom. The summed E-state index contributed by atoms with van der Waals surface area (Å²) in [5, 5.41) is 5.88. The molecular weight excluding hydrogens is 488 g/mol. The van der Waals surface area contributed by atoms with Gasteiger partial charge in [0.1, 0.15) is 30.0 Å². The Labute approximate surface area is 214 Å². The summed E-state index contributed by atoms with van der Waals surface area (Å²) in [4.78, 5) is 59.3. The van der Waals surface area contributed by atoms with Gasteiger partial charge in [-0.05, 0) is 45.3 Å². The van der Waals surface area contributed by atoms with Crippen molar-refractivity contribution in [2.45, 2.75) is 63.9 Å². The molecule has 0 bridgehead atoms. The molecule has 0 aliphatic carbocycles. The summed E-state index contributed by atoms with van der Waals surface area (Å²) in [6.07, 6.45) is 6.81. The Kier molecular flexibility index (Phi) is 13.3. The number of imidazole rings is 1. The van der Waals surface area contributed by atoms with Gasteiger partial charge in [0.2, 0.25) is 11.8 Å². The highest BCUT2D eigenvalue weighted by Crippen LogP contribution is 2.24. The molecule has 2 amide bonds. The van der Waals surface area contributed by atoms with Crippen LogP contribution >= 0.6 is 11.8 Å². The highest BCUT2D eigenvalue weighted by molar-refractivity contribution is 7.99. The van der Waals surface area contributed by atoms with Crippen LogP contribution in [0.25, 0.3) is 11.2 Å². The highest BCUT2D eigenvalue weighted by atomic mass is 32.2. The minimum Gasteiger partial charge on any atom is -0.465 e. The van der Waals surface area contributed by atoms with Gasteiger partial charge < -0.3 is 24.7 Å². The van der Waals surface area contributed by atoms with Crippen molar-refractivity contribution in [3.63, 3.8) is 0 Å². The number of carbonyl (C=O) groups is 4. The third-order valence-electron chi connectivity index (χ3n) is 4.93. The van der Waals surface area contributed by atoms with Crippen LogP contribution in [0, 0.1) is 0 Å². The lowest BCUT2D eigenvalue weighted by molar-refractivity contribution is -0.143. The van der Waals surface area contributed by atoms with Crippen LogP contribution in [-0.2, 0) is 35.2 Å². The maximum atomic E-state index is 11.8. The second-order valence-corrected chi connectivity index (χ2v) is 8.80. The minimum absolute atomic E-state index is 0.105. The monoisotopic (exact) mass is 522 g/mol. The van der Waals surface area contributed by atoms with E-state index in [4.69, 9.17) is 9.47 Å². The number of hydrogen-bond acceptors (Lipinski definition) is 10. The fourth-order valence-corrected chi connectivity index (χ4v) is 4.14. The van der Waals surface area contributed by atoms with Crippen molar-refractivity contribution in [1.29, 1.82) is 0 Å². The second kappa shape index (κ2) is 16.5. The molecule has 0 saturated carbocycles. The predicted octanol–water partition coefficient (Wildman–Crippen LogP) is 1.62. The molecule has 2 aromatic rings. The molecule has 0 radical (unpaired) electrons. The summed E-state index contributed by atoms with van der Waals surface area (Å²) in [5.74, 6) is -0.472. The molecule has 2 aromatic heterocycles. The average molecular weight is 523 g/mol. The molecule has 2 heterocycles. The van der Waals surface area contributed by atoms with E-state index in [-0.39, 0.29) is 31.5 Å². The van der Waals surface area contributed by atoms with Crippen LogP contribution in [0.5, 0.6) is 0 Å². The molecule has 198 valence electrons. The van der Waals surface area contributed by atoms with Crippen LogP contribution in [0.15, 0.2) is 17.7 Å². The first-order valence-corrected chi connectivity index (χ1v) is 13.1. The van der Waals surface area contributed by atoms with Crippen LogP contribution in [0.3, 0.4) is 0 Å². The first kappa shape index (κ1) is 29.0. The normalized spacial score (nSPS) is 10.7. The van der Waals surface area contributed by atoms with Crippen molar-refractivity contribution in [2.75, 3.05) is 32.1 Å². The fraction of sp³-hybridized carbons (Fsp3) is 0.609. The van der Waals surface area contributed by atoms with E-state index in [1.165, 1.54) is 6.33 Å². The zero-order chi connectivity index (χ0) is 26.2. The molecule has 12 nitrogen and oxygen atoms in total. The topological polar surface area (TPSA) is 154 Å². The quantitative estimate of drug-likeness (QED) is 0.135. The van der Waals surface area contributed by atoms with E-state index in [2.05, 4.69) is 25.6 Å². The lowest BCUT2D eigenvalue weighted by Gasteiger charge is -2.06. The number of unbranched alkanes of at least 4 members (excludes halogenated alkanes) is 2. The molecule has 0 fully saturated rings. The molecule has 0 aliphatic rings. The third kappa shape index (κ3) is 10.6. The molecule has 13 heteroatoms. The molecule has 0 aromatic carbocycles. The van der Waals surface area contributed by atoms with E-state index in [1.807, 2.05) is 4.57 Å². The zero-order valence-electron chi connectivity index (χ0n) is 20.8. The van der Waals surface area contributed by atoms with E-state index in [9.17, 15) is 19.2 Å². The number of fused-ring (bicyclic) bond motifs is 1.